The molecule has 33 heavy (non-hydrogen) atoms. The van der Waals surface area contributed by atoms with Crippen molar-refractivity contribution in [3.63, 3.8) is 0 Å². The normalized spacial score (nSPS) is 15.9. The van der Waals surface area contributed by atoms with E-state index in [1.807, 2.05) is 0 Å². The Morgan fingerprint density at radius 1 is 0.515 bits per heavy atom. The van der Waals surface area contributed by atoms with Crippen molar-refractivity contribution >= 4 is 5.97 Å². The number of cyclic esters (lactones) is 1. The SMILES string of the molecule is CCCCCCCCCCCCCCCCCCCCCCCCCCCC1CCC(=O)O1. The van der Waals surface area contributed by atoms with Crippen molar-refractivity contribution in [1.82, 2.24) is 0 Å². The van der Waals surface area contributed by atoms with Crippen LogP contribution < -0.4 is 0 Å². The largest absolute Gasteiger partial charge is 0.462 e. The monoisotopic (exact) mass is 464 g/mol. The van der Waals surface area contributed by atoms with Gasteiger partial charge in [-0.1, -0.05) is 161 Å². The lowest BCUT2D eigenvalue weighted by atomic mass is 10.0. The molecule has 0 N–H and O–H groups in total. The molecular formula is C31H60O2. The maximum absolute atomic E-state index is 11.1. The highest BCUT2D eigenvalue weighted by atomic mass is 16.5. The number of carbonyl (C=O) groups is 1. The molecule has 1 aliphatic heterocycles. The fourth-order valence-corrected chi connectivity index (χ4v) is 5.30. The molecule has 1 heterocycles. The summed E-state index contributed by atoms with van der Waals surface area (Å²) in [4.78, 5) is 11.1. The van der Waals surface area contributed by atoms with Crippen LogP contribution in [0.15, 0.2) is 0 Å². The molecular weight excluding hydrogens is 404 g/mol. The van der Waals surface area contributed by atoms with Crippen LogP contribution >= 0.6 is 0 Å². The van der Waals surface area contributed by atoms with Crippen LogP contribution in [0.25, 0.3) is 0 Å². The molecule has 0 aromatic carbocycles. The van der Waals surface area contributed by atoms with Gasteiger partial charge in [-0.25, -0.2) is 0 Å². The highest BCUT2D eigenvalue weighted by Crippen LogP contribution is 2.20. The Morgan fingerprint density at radius 2 is 0.818 bits per heavy atom. The number of rotatable bonds is 26. The van der Waals surface area contributed by atoms with Crippen LogP contribution in [0, 0.1) is 0 Å². The third-order valence-electron chi connectivity index (χ3n) is 7.60. The third-order valence-corrected chi connectivity index (χ3v) is 7.60. The summed E-state index contributed by atoms with van der Waals surface area (Å²) in [6.07, 6.45) is 38.8. The Balaban J connectivity index is 1.62. The number of hydrogen-bond acceptors (Lipinski definition) is 2. The fraction of sp³-hybridized carbons (Fsp3) is 0.968. The van der Waals surface area contributed by atoms with Crippen LogP contribution in [-0.4, -0.2) is 12.1 Å². The molecule has 0 aromatic rings. The van der Waals surface area contributed by atoms with Crippen molar-refractivity contribution in [1.29, 1.82) is 0 Å². The van der Waals surface area contributed by atoms with E-state index in [2.05, 4.69) is 6.92 Å². The van der Waals surface area contributed by atoms with E-state index in [1.165, 1.54) is 161 Å². The van der Waals surface area contributed by atoms with Gasteiger partial charge in [0.1, 0.15) is 6.10 Å². The van der Waals surface area contributed by atoms with Gasteiger partial charge in [-0.3, -0.25) is 4.79 Å². The number of carbonyl (C=O) groups excluding carboxylic acids is 1. The van der Waals surface area contributed by atoms with Gasteiger partial charge in [-0.15, -0.1) is 0 Å². The zero-order valence-electron chi connectivity index (χ0n) is 22.7. The number of ether oxygens (including phenoxy) is 1. The van der Waals surface area contributed by atoms with Crippen molar-refractivity contribution in [2.45, 2.75) is 193 Å². The molecule has 0 bridgehead atoms. The van der Waals surface area contributed by atoms with Gasteiger partial charge < -0.3 is 4.74 Å². The van der Waals surface area contributed by atoms with E-state index in [1.54, 1.807) is 0 Å². The second kappa shape index (κ2) is 24.6. The average molecular weight is 465 g/mol. The summed E-state index contributed by atoms with van der Waals surface area (Å²) in [5.41, 5.74) is 0. The first-order valence-corrected chi connectivity index (χ1v) is 15.5. The molecule has 0 aromatic heterocycles. The van der Waals surface area contributed by atoms with E-state index in [-0.39, 0.29) is 12.1 Å². The third kappa shape index (κ3) is 21.7. The molecule has 0 amide bonds. The second-order valence-corrected chi connectivity index (χ2v) is 10.9. The van der Waals surface area contributed by atoms with Crippen molar-refractivity contribution in [3.8, 4) is 0 Å². The number of unbranched alkanes of at least 4 members (excludes halogenated alkanes) is 24. The van der Waals surface area contributed by atoms with Crippen molar-refractivity contribution in [3.05, 3.63) is 0 Å². The Morgan fingerprint density at radius 3 is 1.09 bits per heavy atom. The molecule has 0 radical (unpaired) electrons. The second-order valence-electron chi connectivity index (χ2n) is 10.9. The molecule has 1 unspecified atom stereocenters. The van der Waals surface area contributed by atoms with Crippen molar-refractivity contribution in [2.24, 2.45) is 0 Å². The molecule has 0 saturated carbocycles. The Bertz CT molecular complexity index is 406. The molecule has 2 nitrogen and oxygen atoms in total. The highest BCUT2D eigenvalue weighted by Gasteiger charge is 2.22. The Labute approximate surface area is 208 Å². The predicted octanol–water partition coefficient (Wildman–Crippen LogP) is 10.9. The summed E-state index contributed by atoms with van der Waals surface area (Å²) in [6.45, 7) is 2.30. The lowest BCUT2D eigenvalue weighted by Crippen LogP contribution is -2.06. The standard InChI is InChI=1S/C31H60O2/c1-2-3-4-5-6-7-8-9-10-11-12-13-14-15-16-17-18-19-20-21-22-23-24-25-26-27-30-28-29-31(32)33-30/h30H,2-29H2,1H3. The summed E-state index contributed by atoms with van der Waals surface area (Å²) >= 11 is 0. The summed E-state index contributed by atoms with van der Waals surface area (Å²) in [5.74, 6) is 0.0135. The lowest BCUT2D eigenvalue weighted by Gasteiger charge is -2.08. The first-order valence-electron chi connectivity index (χ1n) is 15.5. The minimum atomic E-state index is 0.0135. The molecule has 1 saturated heterocycles. The summed E-state index contributed by atoms with van der Waals surface area (Å²) in [5, 5.41) is 0. The Hall–Kier alpha value is -0.530. The van der Waals surface area contributed by atoms with Crippen molar-refractivity contribution in [2.75, 3.05) is 0 Å². The summed E-state index contributed by atoms with van der Waals surface area (Å²) in [7, 11) is 0. The van der Waals surface area contributed by atoms with Gasteiger partial charge in [0.2, 0.25) is 0 Å². The van der Waals surface area contributed by atoms with E-state index < -0.39 is 0 Å². The topological polar surface area (TPSA) is 26.3 Å². The van der Waals surface area contributed by atoms with E-state index in [0.717, 1.165) is 12.8 Å². The van der Waals surface area contributed by atoms with E-state index >= 15 is 0 Å². The quantitative estimate of drug-likeness (QED) is 0.0939. The predicted molar refractivity (Wildman–Crippen MR) is 145 cm³/mol. The van der Waals surface area contributed by atoms with Crippen LogP contribution in [-0.2, 0) is 9.53 Å². The molecule has 2 heteroatoms. The molecule has 1 aliphatic rings. The fourth-order valence-electron chi connectivity index (χ4n) is 5.30. The van der Waals surface area contributed by atoms with Crippen LogP contribution in [0.5, 0.6) is 0 Å². The van der Waals surface area contributed by atoms with Crippen molar-refractivity contribution < 1.29 is 9.53 Å². The Kier molecular flexibility index (Phi) is 22.7. The minimum Gasteiger partial charge on any atom is -0.462 e. The van der Waals surface area contributed by atoms with Gasteiger partial charge in [0.25, 0.3) is 0 Å². The zero-order chi connectivity index (χ0) is 23.7. The first kappa shape index (κ1) is 30.5. The number of hydrogen-bond donors (Lipinski definition) is 0. The summed E-state index contributed by atoms with van der Waals surface area (Å²) < 4.78 is 5.28. The van der Waals surface area contributed by atoms with Gasteiger partial charge in [-0.2, -0.15) is 0 Å². The van der Waals surface area contributed by atoms with Crippen LogP contribution in [0.3, 0.4) is 0 Å². The van der Waals surface area contributed by atoms with E-state index in [9.17, 15) is 4.79 Å². The minimum absolute atomic E-state index is 0.0135. The van der Waals surface area contributed by atoms with Crippen LogP contribution in [0.2, 0.25) is 0 Å². The smallest absolute Gasteiger partial charge is 0.306 e. The van der Waals surface area contributed by atoms with Crippen LogP contribution in [0.4, 0.5) is 0 Å². The molecule has 1 fully saturated rings. The first-order chi connectivity index (χ1) is 16.3. The van der Waals surface area contributed by atoms with Gasteiger partial charge in [0.05, 0.1) is 0 Å². The maximum Gasteiger partial charge on any atom is 0.306 e. The van der Waals surface area contributed by atoms with Crippen LogP contribution in [0.1, 0.15) is 187 Å². The van der Waals surface area contributed by atoms with Gasteiger partial charge >= 0.3 is 5.97 Å². The summed E-state index contributed by atoms with van der Waals surface area (Å²) in [6, 6.07) is 0. The molecule has 196 valence electrons. The highest BCUT2D eigenvalue weighted by molar-refractivity contribution is 5.71. The van der Waals surface area contributed by atoms with Gasteiger partial charge in [0, 0.05) is 6.42 Å². The zero-order valence-corrected chi connectivity index (χ0v) is 22.7. The molecule has 0 aliphatic carbocycles. The molecule has 1 atom stereocenters. The van der Waals surface area contributed by atoms with E-state index in [4.69, 9.17) is 4.74 Å². The van der Waals surface area contributed by atoms with E-state index in [0.29, 0.717) is 6.42 Å². The lowest BCUT2D eigenvalue weighted by molar-refractivity contribution is -0.141. The average Bonchev–Trinajstić information content (AvgIpc) is 3.24. The number of esters is 1. The molecule has 0 spiro atoms. The van der Waals surface area contributed by atoms with Gasteiger partial charge in [-0.05, 0) is 19.3 Å². The molecule has 1 rings (SSSR count). The van der Waals surface area contributed by atoms with Gasteiger partial charge in [0.15, 0.2) is 0 Å². The maximum atomic E-state index is 11.1.